The van der Waals surface area contributed by atoms with E-state index in [9.17, 15) is 9.90 Å². The molecule has 37 heavy (non-hydrogen) atoms. The monoisotopic (exact) mass is 513 g/mol. The molecule has 3 aliphatic rings. The molecule has 7 heteroatoms. The van der Waals surface area contributed by atoms with Gasteiger partial charge in [-0.05, 0) is 76.7 Å². The van der Waals surface area contributed by atoms with Crippen molar-refractivity contribution in [1.29, 1.82) is 0 Å². The highest BCUT2D eigenvalue weighted by Crippen LogP contribution is 2.31. The third-order valence-electron chi connectivity index (χ3n) is 8.81. The lowest BCUT2D eigenvalue weighted by molar-refractivity contribution is -0.127. The molecule has 1 aliphatic heterocycles. The SMILES string of the molecule is CC(C)c1cc(N2CCN(CCC3CC[C@H](NC(=O)[C@H]4CC[C@H](O)CC4)C3)C[C@@H]2C)nc(C(C)(C)C)n1. The van der Waals surface area contributed by atoms with Crippen LogP contribution in [0.25, 0.3) is 0 Å². The molecule has 3 fully saturated rings. The Balaban J connectivity index is 1.24. The van der Waals surface area contributed by atoms with Gasteiger partial charge in [-0.1, -0.05) is 34.6 Å². The van der Waals surface area contributed by atoms with Gasteiger partial charge in [0, 0.05) is 54.8 Å². The number of aliphatic hydroxyl groups excluding tert-OH is 1. The highest BCUT2D eigenvalue weighted by atomic mass is 16.3. The van der Waals surface area contributed by atoms with Crippen molar-refractivity contribution >= 4 is 11.7 Å². The van der Waals surface area contributed by atoms with Crippen molar-refractivity contribution in [1.82, 2.24) is 20.2 Å². The van der Waals surface area contributed by atoms with E-state index < -0.39 is 0 Å². The van der Waals surface area contributed by atoms with Crippen LogP contribution < -0.4 is 10.2 Å². The maximum absolute atomic E-state index is 12.7. The van der Waals surface area contributed by atoms with E-state index in [0.29, 0.717) is 23.9 Å². The number of nitrogens with zero attached hydrogens (tertiary/aromatic N) is 4. The Bertz CT molecular complexity index is 906. The summed E-state index contributed by atoms with van der Waals surface area (Å²) in [6.45, 7) is 17.6. The van der Waals surface area contributed by atoms with Crippen LogP contribution in [0.4, 0.5) is 5.82 Å². The number of carbonyl (C=O) groups is 1. The van der Waals surface area contributed by atoms with Crippen LogP contribution in [0.3, 0.4) is 0 Å². The Kier molecular flexibility index (Phi) is 9.16. The lowest BCUT2D eigenvalue weighted by Gasteiger charge is -2.41. The van der Waals surface area contributed by atoms with E-state index in [0.717, 1.165) is 82.0 Å². The molecule has 1 saturated heterocycles. The highest BCUT2D eigenvalue weighted by molar-refractivity contribution is 5.79. The van der Waals surface area contributed by atoms with Gasteiger partial charge in [-0.3, -0.25) is 9.69 Å². The van der Waals surface area contributed by atoms with E-state index >= 15 is 0 Å². The number of hydrogen-bond donors (Lipinski definition) is 2. The molecule has 0 bridgehead atoms. The molecule has 0 radical (unpaired) electrons. The zero-order valence-electron chi connectivity index (χ0n) is 24.2. The van der Waals surface area contributed by atoms with Crippen molar-refractivity contribution in [2.24, 2.45) is 11.8 Å². The number of aromatic nitrogens is 2. The fourth-order valence-electron chi connectivity index (χ4n) is 6.30. The lowest BCUT2D eigenvalue weighted by atomic mass is 9.86. The molecular formula is C30H51N5O2. The van der Waals surface area contributed by atoms with Crippen LogP contribution in [0.15, 0.2) is 6.07 Å². The number of rotatable bonds is 7. The third-order valence-corrected chi connectivity index (χ3v) is 8.81. The van der Waals surface area contributed by atoms with Gasteiger partial charge >= 0.3 is 0 Å². The number of nitrogens with one attached hydrogen (secondary N) is 1. The van der Waals surface area contributed by atoms with Crippen LogP contribution in [-0.2, 0) is 10.2 Å². The first-order valence-corrected chi connectivity index (χ1v) is 14.9. The summed E-state index contributed by atoms with van der Waals surface area (Å²) in [5.41, 5.74) is 1.07. The molecule has 1 aromatic heterocycles. The molecule has 7 nitrogen and oxygen atoms in total. The van der Waals surface area contributed by atoms with Crippen molar-refractivity contribution in [2.75, 3.05) is 31.1 Å². The summed E-state index contributed by atoms with van der Waals surface area (Å²) in [5.74, 6) is 3.44. The van der Waals surface area contributed by atoms with Gasteiger partial charge in [0.25, 0.3) is 0 Å². The summed E-state index contributed by atoms with van der Waals surface area (Å²) in [5, 5.41) is 13.0. The van der Waals surface area contributed by atoms with Gasteiger partial charge in [0.2, 0.25) is 5.91 Å². The molecule has 2 N–H and O–H groups in total. The first-order chi connectivity index (χ1) is 17.5. The highest BCUT2D eigenvalue weighted by Gasteiger charge is 2.32. The third kappa shape index (κ3) is 7.44. The van der Waals surface area contributed by atoms with Gasteiger partial charge < -0.3 is 15.3 Å². The predicted molar refractivity (Wildman–Crippen MR) is 150 cm³/mol. The molecule has 0 spiro atoms. The summed E-state index contributed by atoms with van der Waals surface area (Å²) < 4.78 is 0. The zero-order chi connectivity index (χ0) is 26.7. The van der Waals surface area contributed by atoms with E-state index in [4.69, 9.17) is 9.97 Å². The van der Waals surface area contributed by atoms with Crippen LogP contribution in [0, 0.1) is 11.8 Å². The van der Waals surface area contributed by atoms with E-state index in [2.05, 4.69) is 62.7 Å². The molecule has 2 aliphatic carbocycles. The van der Waals surface area contributed by atoms with Gasteiger partial charge in [0.05, 0.1) is 6.10 Å². The molecule has 0 aromatic carbocycles. The molecular weight excluding hydrogens is 462 g/mol. The minimum atomic E-state index is -0.205. The number of aliphatic hydroxyl groups is 1. The lowest BCUT2D eigenvalue weighted by Crippen LogP contribution is -2.52. The topological polar surface area (TPSA) is 81.6 Å². The minimum Gasteiger partial charge on any atom is -0.393 e. The van der Waals surface area contributed by atoms with Gasteiger partial charge in [0.1, 0.15) is 11.6 Å². The largest absolute Gasteiger partial charge is 0.393 e. The van der Waals surface area contributed by atoms with E-state index in [1.54, 1.807) is 0 Å². The van der Waals surface area contributed by atoms with Crippen molar-refractivity contribution in [3.8, 4) is 0 Å². The second-order valence-electron chi connectivity index (χ2n) is 13.4. The molecule has 1 unspecified atom stereocenters. The Hall–Kier alpha value is -1.73. The average molecular weight is 514 g/mol. The Morgan fingerprint density at radius 2 is 1.84 bits per heavy atom. The summed E-state index contributed by atoms with van der Waals surface area (Å²) in [4.78, 5) is 27.7. The van der Waals surface area contributed by atoms with Gasteiger partial charge in [-0.2, -0.15) is 0 Å². The summed E-state index contributed by atoms with van der Waals surface area (Å²) >= 11 is 0. The fraction of sp³-hybridized carbons (Fsp3) is 0.833. The van der Waals surface area contributed by atoms with Crippen molar-refractivity contribution in [3.05, 3.63) is 17.6 Å². The van der Waals surface area contributed by atoms with E-state index in [1.165, 1.54) is 12.8 Å². The maximum Gasteiger partial charge on any atom is 0.223 e. The summed E-state index contributed by atoms with van der Waals surface area (Å²) in [6.07, 6.45) is 7.66. The van der Waals surface area contributed by atoms with Crippen LogP contribution >= 0.6 is 0 Å². The van der Waals surface area contributed by atoms with Crippen molar-refractivity contribution in [2.45, 2.75) is 122 Å². The number of amides is 1. The number of anilines is 1. The first-order valence-electron chi connectivity index (χ1n) is 14.9. The van der Waals surface area contributed by atoms with Crippen LogP contribution in [-0.4, -0.2) is 70.2 Å². The molecule has 1 aromatic rings. The normalized spacial score (nSPS) is 29.6. The van der Waals surface area contributed by atoms with Crippen molar-refractivity contribution in [3.63, 3.8) is 0 Å². The van der Waals surface area contributed by atoms with Gasteiger partial charge in [0.15, 0.2) is 0 Å². The maximum atomic E-state index is 12.7. The zero-order valence-corrected chi connectivity index (χ0v) is 24.2. The number of hydrogen-bond acceptors (Lipinski definition) is 6. The van der Waals surface area contributed by atoms with Crippen LogP contribution in [0.2, 0.25) is 0 Å². The second-order valence-corrected chi connectivity index (χ2v) is 13.4. The minimum absolute atomic E-state index is 0.0672. The second kappa shape index (κ2) is 12.0. The first kappa shape index (κ1) is 28.3. The fourth-order valence-corrected chi connectivity index (χ4v) is 6.30. The molecule has 4 rings (SSSR count). The average Bonchev–Trinajstić information content (AvgIpc) is 3.29. The molecule has 2 saturated carbocycles. The molecule has 2 heterocycles. The summed E-state index contributed by atoms with van der Waals surface area (Å²) in [6, 6.07) is 2.96. The predicted octanol–water partition coefficient (Wildman–Crippen LogP) is 4.63. The molecule has 208 valence electrons. The number of carbonyl (C=O) groups excluding carboxylic acids is 1. The Morgan fingerprint density at radius 3 is 2.49 bits per heavy atom. The summed E-state index contributed by atoms with van der Waals surface area (Å²) in [7, 11) is 0. The van der Waals surface area contributed by atoms with Crippen LogP contribution in [0.1, 0.15) is 110 Å². The Morgan fingerprint density at radius 1 is 1.11 bits per heavy atom. The molecule has 3 atom stereocenters. The van der Waals surface area contributed by atoms with Gasteiger partial charge in [-0.15, -0.1) is 0 Å². The molecule has 1 amide bonds. The number of piperazine rings is 1. The smallest absolute Gasteiger partial charge is 0.223 e. The quantitative estimate of drug-likeness (QED) is 0.553. The van der Waals surface area contributed by atoms with Crippen molar-refractivity contribution < 1.29 is 9.90 Å². The van der Waals surface area contributed by atoms with Crippen LogP contribution in [0.5, 0.6) is 0 Å². The van der Waals surface area contributed by atoms with E-state index in [1.807, 2.05) is 0 Å². The standard InChI is InChI=1S/C30H51N5O2/c1-20(2)26-18-27(33-29(32-26)30(4,5)6)35-16-15-34(19-21(35)3)14-13-22-7-10-24(17-22)31-28(37)23-8-11-25(36)12-9-23/h18,20-25,36H,7-17,19H2,1-6H3,(H,31,37)/t21-,22?,23-,24-,25-/m0/s1. The van der Waals surface area contributed by atoms with Gasteiger partial charge in [-0.25, -0.2) is 9.97 Å². The Labute approximate surface area is 224 Å². The van der Waals surface area contributed by atoms with E-state index in [-0.39, 0.29) is 23.3 Å².